The average Bonchev–Trinajstić information content (AvgIpc) is 3.50. The minimum Gasteiger partial charge on any atom is -0.376 e. The second kappa shape index (κ2) is 7.10. The predicted molar refractivity (Wildman–Crippen MR) is 119 cm³/mol. The molecule has 6 heterocycles. The number of anilines is 1. The highest BCUT2D eigenvalue weighted by Gasteiger charge is 2.47. The fourth-order valence-corrected chi connectivity index (χ4v) is 5.31. The number of aliphatic imine (C=N–C) groups is 1. The van der Waals surface area contributed by atoms with Gasteiger partial charge in [0.05, 0.1) is 36.9 Å². The molecule has 6 rings (SSSR count). The van der Waals surface area contributed by atoms with Gasteiger partial charge in [-0.25, -0.2) is 15.0 Å². The first-order valence-corrected chi connectivity index (χ1v) is 11.1. The predicted octanol–water partition coefficient (Wildman–Crippen LogP) is 2.23. The maximum absolute atomic E-state index is 6.46. The van der Waals surface area contributed by atoms with E-state index >= 15 is 0 Å². The molecule has 2 atom stereocenters. The van der Waals surface area contributed by atoms with E-state index in [0.29, 0.717) is 6.54 Å². The van der Waals surface area contributed by atoms with Crippen LogP contribution in [-0.2, 0) is 17.7 Å². The van der Waals surface area contributed by atoms with Crippen molar-refractivity contribution in [1.82, 2.24) is 19.9 Å². The number of rotatable bonds is 3. The average molecular weight is 418 g/mol. The third kappa shape index (κ3) is 3.04. The highest BCUT2D eigenvalue weighted by Crippen LogP contribution is 2.41. The van der Waals surface area contributed by atoms with Crippen molar-refractivity contribution in [3.8, 4) is 0 Å². The quantitative estimate of drug-likeness (QED) is 0.677. The maximum Gasteiger partial charge on any atom is 0.147 e. The first-order chi connectivity index (χ1) is 15.1. The van der Waals surface area contributed by atoms with Crippen LogP contribution in [0.2, 0.25) is 0 Å². The summed E-state index contributed by atoms with van der Waals surface area (Å²) in [5, 5.41) is 1.13. The number of ether oxygens (including phenoxy) is 1. The summed E-state index contributed by atoms with van der Waals surface area (Å²) >= 11 is 0. The van der Waals surface area contributed by atoms with Crippen LogP contribution in [0.5, 0.6) is 0 Å². The number of nitrogens with zero attached hydrogens (tertiary/aromatic N) is 5. The number of aromatic nitrogens is 4. The van der Waals surface area contributed by atoms with Gasteiger partial charge >= 0.3 is 0 Å². The number of fused-ring (bicyclic) bond motifs is 2. The summed E-state index contributed by atoms with van der Waals surface area (Å²) in [5.74, 6) is 0.947. The summed E-state index contributed by atoms with van der Waals surface area (Å²) in [6.07, 6.45) is 8.62. The maximum atomic E-state index is 6.46. The van der Waals surface area contributed by atoms with Gasteiger partial charge in [0.1, 0.15) is 17.2 Å². The zero-order chi connectivity index (χ0) is 21.0. The lowest BCUT2D eigenvalue weighted by atomic mass is 9.73. The van der Waals surface area contributed by atoms with Crippen LogP contribution in [0.1, 0.15) is 36.7 Å². The zero-order valence-corrected chi connectivity index (χ0v) is 17.7. The Morgan fingerprint density at radius 3 is 2.94 bits per heavy atom. The summed E-state index contributed by atoms with van der Waals surface area (Å²) in [5.41, 5.74) is 11.6. The largest absolute Gasteiger partial charge is 0.376 e. The number of H-pyrrole nitrogens is 1. The third-order valence-electron chi connectivity index (χ3n) is 7.36. The van der Waals surface area contributed by atoms with Gasteiger partial charge in [0, 0.05) is 48.7 Å². The van der Waals surface area contributed by atoms with Crippen molar-refractivity contribution >= 4 is 22.6 Å². The van der Waals surface area contributed by atoms with Gasteiger partial charge in [-0.05, 0) is 37.5 Å². The van der Waals surface area contributed by atoms with E-state index in [9.17, 15) is 0 Å². The monoisotopic (exact) mass is 417 g/mol. The Kier molecular flexibility index (Phi) is 4.33. The minimum absolute atomic E-state index is 0.116. The van der Waals surface area contributed by atoms with Crippen molar-refractivity contribution in [3.63, 3.8) is 0 Å². The first kappa shape index (κ1) is 18.9. The Morgan fingerprint density at radius 2 is 2.13 bits per heavy atom. The van der Waals surface area contributed by atoms with Gasteiger partial charge < -0.3 is 20.4 Å². The summed E-state index contributed by atoms with van der Waals surface area (Å²) in [6, 6.07) is 4.24. The lowest BCUT2D eigenvalue weighted by Gasteiger charge is -2.41. The van der Waals surface area contributed by atoms with E-state index in [1.165, 1.54) is 5.56 Å². The molecule has 8 heteroatoms. The van der Waals surface area contributed by atoms with Crippen LogP contribution in [0.3, 0.4) is 0 Å². The number of piperidine rings is 1. The molecule has 8 nitrogen and oxygen atoms in total. The summed E-state index contributed by atoms with van der Waals surface area (Å²) in [4.78, 5) is 24.4. The van der Waals surface area contributed by atoms with Gasteiger partial charge in [-0.15, -0.1) is 0 Å². The van der Waals surface area contributed by atoms with Crippen molar-refractivity contribution in [2.75, 3.05) is 24.6 Å². The van der Waals surface area contributed by atoms with Gasteiger partial charge in [0.15, 0.2) is 0 Å². The molecule has 31 heavy (non-hydrogen) atoms. The second-order valence-corrected chi connectivity index (χ2v) is 9.06. The van der Waals surface area contributed by atoms with Crippen LogP contribution in [-0.4, -0.2) is 57.5 Å². The highest BCUT2D eigenvalue weighted by atomic mass is 16.5. The van der Waals surface area contributed by atoms with Crippen molar-refractivity contribution in [3.05, 3.63) is 47.7 Å². The van der Waals surface area contributed by atoms with Crippen LogP contribution in [0.15, 0.2) is 35.7 Å². The molecule has 0 bridgehead atoms. The van der Waals surface area contributed by atoms with Gasteiger partial charge in [-0.2, -0.15) is 0 Å². The first-order valence-electron chi connectivity index (χ1n) is 11.1. The highest BCUT2D eigenvalue weighted by molar-refractivity contribution is 6.04. The lowest BCUT2D eigenvalue weighted by Crippen LogP contribution is -2.50. The molecule has 2 fully saturated rings. The molecule has 0 unspecified atom stereocenters. The summed E-state index contributed by atoms with van der Waals surface area (Å²) in [7, 11) is 0. The van der Waals surface area contributed by atoms with E-state index < -0.39 is 0 Å². The van der Waals surface area contributed by atoms with Crippen LogP contribution < -0.4 is 10.6 Å². The van der Waals surface area contributed by atoms with Crippen molar-refractivity contribution in [2.24, 2.45) is 16.1 Å². The van der Waals surface area contributed by atoms with Crippen LogP contribution >= 0.6 is 0 Å². The molecule has 160 valence electrons. The molecular formula is C23H27N7O. The molecule has 0 aromatic carbocycles. The van der Waals surface area contributed by atoms with E-state index in [2.05, 4.69) is 33.9 Å². The van der Waals surface area contributed by atoms with Gasteiger partial charge in [0.2, 0.25) is 0 Å². The van der Waals surface area contributed by atoms with Gasteiger partial charge in [0.25, 0.3) is 0 Å². The molecule has 3 aliphatic rings. The number of nitrogens with two attached hydrogens (primary N) is 1. The Balaban J connectivity index is 1.18. The van der Waals surface area contributed by atoms with E-state index in [4.69, 9.17) is 25.4 Å². The Hall–Kier alpha value is -2.84. The molecule has 0 radical (unpaired) electrons. The number of nitrogens with one attached hydrogen (secondary N) is 1. The molecule has 2 saturated heterocycles. The molecule has 3 aromatic rings. The van der Waals surface area contributed by atoms with Crippen molar-refractivity contribution in [1.29, 1.82) is 0 Å². The minimum atomic E-state index is 0.116. The third-order valence-corrected chi connectivity index (χ3v) is 7.36. The van der Waals surface area contributed by atoms with Crippen molar-refractivity contribution in [2.45, 2.75) is 44.9 Å². The summed E-state index contributed by atoms with van der Waals surface area (Å²) < 4.78 is 5.85. The standard InChI is InChI=1S/C23H27N7O/c1-14-21(24)23(13-31-14)4-8-30(9-5-23)19-12-28-20-17(27-11-18(20)29-19)10-15-2-6-25-22-16(15)3-7-26-22/h2-3,6-7,12,14,21H,4-5,8-11,13,24H2,1H3,(H,25,26)/t14-,21+/m0/s1. The van der Waals surface area contributed by atoms with Gasteiger partial charge in [-0.3, -0.25) is 4.99 Å². The SMILES string of the molecule is C[C@@H]1OCC2(CCN(c3cnc4c(n3)CN=C4Cc3ccnc4[nH]ccc34)CC2)[C@@H]1N. The molecule has 3 aliphatic heterocycles. The number of hydrogen-bond acceptors (Lipinski definition) is 7. The molecule has 3 aromatic heterocycles. The molecule has 0 saturated carbocycles. The van der Waals surface area contributed by atoms with Crippen molar-refractivity contribution < 1.29 is 4.74 Å². The lowest BCUT2D eigenvalue weighted by molar-refractivity contribution is 0.0974. The Morgan fingerprint density at radius 1 is 1.26 bits per heavy atom. The normalized spacial score (nSPS) is 24.7. The van der Waals surface area contributed by atoms with Crippen LogP contribution in [0.4, 0.5) is 5.82 Å². The van der Waals surface area contributed by atoms with Crippen LogP contribution in [0, 0.1) is 5.41 Å². The number of pyridine rings is 1. The van der Waals surface area contributed by atoms with Gasteiger partial charge in [-0.1, -0.05) is 0 Å². The Labute approximate surface area is 181 Å². The molecule has 1 spiro atoms. The topological polar surface area (TPSA) is 105 Å². The van der Waals surface area contributed by atoms with E-state index in [0.717, 1.165) is 72.9 Å². The van der Waals surface area contributed by atoms with E-state index in [-0.39, 0.29) is 17.6 Å². The van der Waals surface area contributed by atoms with E-state index in [1.54, 1.807) is 0 Å². The number of aromatic amines is 1. The molecule has 0 aliphatic carbocycles. The fourth-order valence-electron chi connectivity index (χ4n) is 5.31. The number of hydrogen-bond donors (Lipinski definition) is 2. The zero-order valence-electron chi connectivity index (χ0n) is 17.7. The fraction of sp³-hybridized carbons (Fsp3) is 0.478. The Bertz CT molecular complexity index is 1160. The summed E-state index contributed by atoms with van der Waals surface area (Å²) in [6.45, 7) is 5.34. The van der Waals surface area contributed by atoms with Crippen LogP contribution in [0.25, 0.3) is 11.0 Å². The van der Waals surface area contributed by atoms with E-state index in [1.807, 2.05) is 18.6 Å². The molecular weight excluding hydrogens is 390 g/mol. The smallest absolute Gasteiger partial charge is 0.147 e. The second-order valence-electron chi connectivity index (χ2n) is 9.06. The molecule has 3 N–H and O–H groups in total. The molecule has 0 amide bonds.